The van der Waals surface area contributed by atoms with Crippen molar-refractivity contribution in [1.82, 2.24) is 20.9 Å². The molecule has 1 aliphatic rings. The number of aliphatic carboxylic acids is 1. The van der Waals surface area contributed by atoms with E-state index in [1.165, 1.54) is 17.0 Å². The molecule has 5 amide bonds. The van der Waals surface area contributed by atoms with Crippen molar-refractivity contribution in [3.05, 3.63) is 29.8 Å². The van der Waals surface area contributed by atoms with Gasteiger partial charge in [-0.25, -0.2) is 0 Å². The minimum atomic E-state index is -1.97. The first-order chi connectivity index (χ1) is 23.4. The second-order valence-electron chi connectivity index (χ2n) is 12.7. The van der Waals surface area contributed by atoms with Crippen LogP contribution in [-0.4, -0.2) is 105 Å². The number of nitrogens with two attached hydrogens (primary N) is 4. The zero-order valence-electron chi connectivity index (χ0n) is 28.5. The zero-order valence-corrected chi connectivity index (χ0v) is 28.5. The summed E-state index contributed by atoms with van der Waals surface area (Å²) in [5.41, 5.74) is 21.1. The number of phenolic OH excluding ortho intramolecular Hbond substituents is 1. The SMILES string of the molecule is CC(=O)[C@](N)(CCCN=C(N)N)C(=O)N1CCC[C@H]1C(=O)N[C@@H](CCC(=O)O)C(=O)N[C@H](C(=O)N[C@@H](Cc1ccc(O)cc1)C(N)=O)C(C)C. The highest BCUT2D eigenvalue weighted by Crippen LogP contribution is 2.24. The zero-order chi connectivity index (χ0) is 37.8. The molecule has 50 heavy (non-hydrogen) atoms. The third-order valence-electron chi connectivity index (χ3n) is 8.41. The predicted molar refractivity (Wildman–Crippen MR) is 181 cm³/mol. The fourth-order valence-corrected chi connectivity index (χ4v) is 5.48. The molecule has 0 bridgehead atoms. The number of carbonyl (C=O) groups excluding carboxylic acids is 6. The van der Waals surface area contributed by atoms with Crippen LogP contribution in [0, 0.1) is 5.92 Å². The van der Waals surface area contributed by atoms with Crippen LogP contribution in [0.15, 0.2) is 29.3 Å². The average molecular weight is 704 g/mol. The number of benzene rings is 1. The minimum Gasteiger partial charge on any atom is -0.508 e. The molecule has 1 aromatic carbocycles. The third-order valence-corrected chi connectivity index (χ3v) is 8.41. The van der Waals surface area contributed by atoms with E-state index >= 15 is 0 Å². The van der Waals surface area contributed by atoms with Crippen LogP contribution in [0.3, 0.4) is 0 Å². The lowest BCUT2D eigenvalue weighted by Gasteiger charge is -2.34. The second kappa shape index (κ2) is 18.5. The minimum absolute atomic E-state index is 0.00198. The number of Topliss-reactive ketones (excluding diaryl/α,β-unsaturated/α-hetero) is 1. The number of ketones is 1. The maximum atomic E-state index is 13.6. The largest absolute Gasteiger partial charge is 0.508 e. The summed E-state index contributed by atoms with van der Waals surface area (Å²) < 4.78 is 0. The van der Waals surface area contributed by atoms with Gasteiger partial charge in [0.25, 0.3) is 5.91 Å². The van der Waals surface area contributed by atoms with Gasteiger partial charge in [0, 0.05) is 25.9 Å². The van der Waals surface area contributed by atoms with Crippen LogP contribution < -0.4 is 38.9 Å². The van der Waals surface area contributed by atoms with E-state index in [4.69, 9.17) is 22.9 Å². The van der Waals surface area contributed by atoms with E-state index in [0.717, 1.165) is 6.92 Å². The van der Waals surface area contributed by atoms with Gasteiger partial charge in [0.05, 0.1) is 0 Å². The highest BCUT2D eigenvalue weighted by Gasteiger charge is 2.46. The van der Waals surface area contributed by atoms with E-state index in [0.29, 0.717) is 12.0 Å². The van der Waals surface area contributed by atoms with Crippen molar-refractivity contribution in [2.45, 2.75) is 95.4 Å². The monoisotopic (exact) mass is 703 g/mol. The first-order valence-electron chi connectivity index (χ1n) is 16.2. The van der Waals surface area contributed by atoms with Crippen LogP contribution in [0.5, 0.6) is 5.75 Å². The van der Waals surface area contributed by atoms with Crippen molar-refractivity contribution in [3.63, 3.8) is 0 Å². The summed E-state index contributed by atoms with van der Waals surface area (Å²) in [5.74, 6) is -6.61. The number of amides is 5. The van der Waals surface area contributed by atoms with Gasteiger partial charge in [-0.1, -0.05) is 26.0 Å². The Morgan fingerprint density at radius 1 is 0.980 bits per heavy atom. The number of primary amides is 1. The number of aromatic hydroxyl groups is 1. The summed E-state index contributed by atoms with van der Waals surface area (Å²) in [7, 11) is 0. The Hall–Kier alpha value is -5.26. The van der Waals surface area contributed by atoms with Gasteiger partial charge in [0.1, 0.15) is 29.9 Å². The summed E-state index contributed by atoms with van der Waals surface area (Å²) in [6, 6.07) is 0.956. The fraction of sp³-hybridized carbons (Fsp3) is 0.562. The molecule has 18 heteroatoms. The van der Waals surface area contributed by atoms with Gasteiger partial charge in [-0.2, -0.15) is 0 Å². The van der Waals surface area contributed by atoms with Crippen LogP contribution in [0.1, 0.15) is 64.9 Å². The molecule has 1 heterocycles. The van der Waals surface area contributed by atoms with Crippen LogP contribution in [-0.2, 0) is 40.0 Å². The summed E-state index contributed by atoms with van der Waals surface area (Å²) >= 11 is 0. The average Bonchev–Trinajstić information content (AvgIpc) is 3.53. The van der Waals surface area contributed by atoms with Gasteiger partial charge in [-0.05, 0) is 62.6 Å². The van der Waals surface area contributed by atoms with Gasteiger partial charge in [0.15, 0.2) is 17.3 Å². The van der Waals surface area contributed by atoms with Crippen LogP contribution in [0.25, 0.3) is 0 Å². The van der Waals surface area contributed by atoms with Crippen LogP contribution in [0.2, 0.25) is 0 Å². The molecule has 1 fully saturated rings. The normalized spacial score (nSPS) is 17.1. The summed E-state index contributed by atoms with van der Waals surface area (Å²) in [5, 5.41) is 26.4. The molecule has 18 nitrogen and oxygen atoms in total. The molecule has 2 rings (SSSR count). The molecule has 0 unspecified atom stereocenters. The molecule has 1 aliphatic heterocycles. The Balaban J connectivity index is 2.23. The molecule has 1 aromatic rings. The number of carbonyl (C=O) groups is 7. The van der Waals surface area contributed by atoms with E-state index in [-0.39, 0.29) is 56.9 Å². The molecule has 0 aliphatic carbocycles. The molecule has 0 saturated carbocycles. The number of carboxylic acid groups (broad SMARTS) is 1. The topological polar surface area (TPSA) is 316 Å². The summed E-state index contributed by atoms with van der Waals surface area (Å²) in [6.07, 6.45) is -0.216. The van der Waals surface area contributed by atoms with Gasteiger partial charge in [-0.15, -0.1) is 0 Å². The van der Waals surface area contributed by atoms with Crippen molar-refractivity contribution < 1.29 is 43.8 Å². The van der Waals surface area contributed by atoms with Gasteiger partial charge in [-0.3, -0.25) is 38.6 Å². The molecule has 5 atom stereocenters. The lowest BCUT2D eigenvalue weighted by Crippen LogP contribution is -2.63. The number of phenols is 1. The number of guanidine groups is 1. The number of nitrogens with one attached hydrogen (secondary N) is 3. The number of aliphatic imine (C=N–C) groups is 1. The fourth-order valence-electron chi connectivity index (χ4n) is 5.48. The molecule has 13 N–H and O–H groups in total. The Morgan fingerprint density at radius 3 is 2.16 bits per heavy atom. The highest BCUT2D eigenvalue weighted by atomic mass is 16.4. The predicted octanol–water partition coefficient (Wildman–Crippen LogP) is -2.27. The lowest BCUT2D eigenvalue weighted by molar-refractivity contribution is -0.147. The van der Waals surface area contributed by atoms with E-state index in [1.807, 2.05) is 0 Å². The molecule has 1 saturated heterocycles. The number of hydrogen-bond acceptors (Lipinski definition) is 10. The first-order valence-corrected chi connectivity index (χ1v) is 16.2. The van der Waals surface area contributed by atoms with E-state index < -0.39 is 83.3 Å². The van der Waals surface area contributed by atoms with Crippen molar-refractivity contribution in [2.75, 3.05) is 13.1 Å². The quantitative estimate of drug-likeness (QED) is 0.0319. The highest BCUT2D eigenvalue weighted by molar-refractivity contribution is 6.10. The van der Waals surface area contributed by atoms with Crippen molar-refractivity contribution in [1.29, 1.82) is 0 Å². The maximum absolute atomic E-state index is 13.6. The maximum Gasteiger partial charge on any atom is 0.303 e. The van der Waals surface area contributed by atoms with Crippen LogP contribution in [0.4, 0.5) is 0 Å². The number of likely N-dealkylation sites (tertiary alicyclic amines) is 1. The Kier molecular flexibility index (Phi) is 15.1. The number of carboxylic acids is 1. The van der Waals surface area contributed by atoms with Gasteiger partial charge < -0.3 is 54.0 Å². The van der Waals surface area contributed by atoms with Gasteiger partial charge in [0.2, 0.25) is 23.6 Å². The molecular weight excluding hydrogens is 654 g/mol. The molecule has 0 spiro atoms. The molecule has 0 aromatic heterocycles. The lowest BCUT2D eigenvalue weighted by atomic mass is 9.88. The third kappa shape index (κ3) is 11.7. The van der Waals surface area contributed by atoms with E-state index in [9.17, 15) is 43.8 Å². The number of hydrogen-bond donors (Lipinski definition) is 9. The summed E-state index contributed by atoms with van der Waals surface area (Å²) in [4.78, 5) is 95.3. The van der Waals surface area contributed by atoms with E-state index in [2.05, 4.69) is 20.9 Å². The Bertz CT molecular complexity index is 1450. The molecular formula is C32H49N9O9. The second-order valence-corrected chi connectivity index (χ2v) is 12.7. The van der Waals surface area contributed by atoms with Crippen molar-refractivity contribution in [2.24, 2.45) is 33.8 Å². The van der Waals surface area contributed by atoms with E-state index in [1.54, 1.807) is 26.0 Å². The Labute approximate surface area is 289 Å². The number of nitrogens with zero attached hydrogens (tertiary/aromatic N) is 2. The standard InChI is InChI=1S/C32H49N9O9/c1-17(2)25(29(49)39-22(26(33)46)16-19-7-9-20(43)10-8-19)40-27(47)21(11-12-24(44)45)38-28(48)23-6-4-15-41(23)30(50)32(36,18(3)42)13-5-14-37-31(34)35/h7-10,17,21-23,25,43H,4-6,11-16,36H2,1-3H3,(H2,33,46)(H,38,48)(H,39,49)(H,40,47)(H,44,45)(H4,34,35,37)/t21-,22-,23-,25-,32+/m0/s1. The van der Waals surface area contributed by atoms with Crippen LogP contribution >= 0.6 is 0 Å². The van der Waals surface area contributed by atoms with Gasteiger partial charge >= 0.3 is 5.97 Å². The Morgan fingerprint density at radius 2 is 1.62 bits per heavy atom. The summed E-state index contributed by atoms with van der Waals surface area (Å²) in [6.45, 7) is 4.63. The number of rotatable bonds is 19. The smallest absolute Gasteiger partial charge is 0.303 e. The molecule has 0 radical (unpaired) electrons. The first kappa shape index (κ1) is 40.9. The molecule has 276 valence electrons. The van der Waals surface area contributed by atoms with Crippen molar-refractivity contribution >= 4 is 47.2 Å². The van der Waals surface area contributed by atoms with Crippen molar-refractivity contribution in [3.8, 4) is 5.75 Å².